The summed E-state index contributed by atoms with van der Waals surface area (Å²) in [7, 11) is -4.43. The van der Waals surface area contributed by atoms with E-state index in [4.69, 9.17) is 26.4 Å². The third-order valence-corrected chi connectivity index (χ3v) is 6.29. The summed E-state index contributed by atoms with van der Waals surface area (Å²) < 4.78 is 24.2. The molecule has 1 unspecified atom stereocenters. The minimum absolute atomic E-state index is 0.0464. The molecule has 1 aliphatic carbocycles. The molecule has 1 fully saturated rings. The average molecular weight is 456 g/mol. The van der Waals surface area contributed by atoms with Crippen molar-refractivity contribution in [2.75, 3.05) is 18.9 Å². The van der Waals surface area contributed by atoms with E-state index in [0.717, 1.165) is 0 Å². The Kier molecular flexibility index (Phi) is 5.56. The fourth-order valence-electron chi connectivity index (χ4n) is 3.60. The number of halogens is 1. The van der Waals surface area contributed by atoms with Gasteiger partial charge in [0.05, 0.1) is 12.9 Å². The third kappa shape index (κ3) is 4.07. The maximum absolute atomic E-state index is 12.3. The number of H-pyrrole nitrogens is 1. The number of aliphatic hydroxyl groups excluding tert-OH is 1. The number of rotatable bonds is 7. The van der Waals surface area contributed by atoms with E-state index in [-0.39, 0.29) is 48.3 Å². The first-order valence-electron chi connectivity index (χ1n) is 9.03. The zero-order chi connectivity index (χ0) is 21.5. The summed E-state index contributed by atoms with van der Waals surface area (Å²) in [6, 6.07) is 5.79. The first-order chi connectivity index (χ1) is 14.3. The lowest BCUT2D eigenvalue weighted by molar-refractivity contribution is -0.00476. The van der Waals surface area contributed by atoms with Gasteiger partial charge in [-0.15, -0.1) is 0 Å². The molecule has 1 aliphatic rings. The Morgan fingerprint density at radius 2 is 2.23 bits per heavy atom. The first-order valence-corrected chi connectivity index (χ1v) is 10.9. The molecule has 1 saturated carbocycles. The van der Waals surface area contributed by atoms with E-state index in [1.807, 2.05) is 0 Å². The van der Waals surface area contributed by atoms with Gasteiger partial charge in [0.2, 0.25) is 5.95 Å². The number of nitrogen functional groups attached to an aromatic ring is 1. The number of nitrogens with one attached hydrogen (secondary N) is 1. The van der Waals surface area contributed by atoms with E-state index >= 15 is 0 Å². The zero-order valence-electron chi connectivity index (χ0n) is 15.5. The second kappa shape index (κ2) is 8.01. The molecule has 160 valence electrons. The molecule has 2 heterocycles. The highest BCUT2D eigenvalue weighted by Gasteiger charge is 2.44. The monoisotopic (exact) mass is 455 g/mol. The number of benzene rings is 1. The van der Waals surface area contributed by atoms with E-state index in [2.05, 4.69) is 15.0 Å². The van der Waals surface area contributed by atoms with E-state index in [9.17, 15) is 19.4 Å². The molecule has 3 aromatic rings. The van der Waals surface area contributed by atoms with Crippen LogP contribution in [-0.4, -0.2) is 42.7 Å². The predicted molar refractivity (Wildman–Crippen MR) is 108 cm³/mol. The van der Waals surface area contributed by atoms with Gasteiger partial charge >= 0.3 is 7.82 Å². The number of aromatic nitrogens is 4. The Balaban J connectivity index is 1.51. The van der Waals surface area contributed by atoms with Crippen molar-refractivity contribution in [3.63, 3.8) is 0 Å². The van der Waals surface area contributed by atoms with Crippen molar-refractivity contribution in [2.45, 2.75) is 12.5 Å². The smallest absolute Gasteiger partial charge is 0.404 e. The quantitative estimate of drug-likeness (QED) is 0.388. The van der Waals surface area contributed by atoms with Gasteiger partial charge in [-0.1, -0.05) is 17.7 Å². The number of phosphoric acid groups is 1. The van der Waals surface area contributed by atoms with Gasteiger partial charge in [-0.25, -0.2) is 9.55 Å². The van der Waals surface area contributed by atoms with Crippen molar-refractivity contribution >= 4 is 36.5 Å². The van der Waals surface area contributed by atoms with Crippen LogP contribution in [0, 0.1) is 11.8 Å². The Hall–Kier alpha value is -2.43. The summed E-state index contributed by atoms with van der Waals surface area (Å²) in [5.41, 5.74) is 5.60. The van der Waals surface area contributed by atoms with Gasteiger partial charge in [-0.2, -0.15) is 4.98 Å². The van der Waals surface area contributed by atoms with Gasteiger partial charge in [-0.05, 0) is 30.5 Å². The SMILES string of the molecule is Nc1nc2c(ncn2[C@@H]2C[C@H](CO)[C@@H]2COP(=O)(O)Oc2cccc(Cl)c2)c(=O)[nH]1. The van der Waals surface area contributed by atoms with Crippen LogP contribution in [-0.2, 0) is 9.09 Å². The number of phosphoric ester groups is 1. The molecule has 0 aliphatic heterocycles. The van der Waals surface area contributed by atoms with Crippen LogP contribution in [0.1, 0.15) is 12.5 Å². The lowest BCUT2D eigenvalue weighted by Crippen LogP contribution is -2.43. The number of hydrogen-bond donors (Lipinski definition) is 4. The molecule has 11 nitrogen and oxygen atoms in total. The minimum Gasteiger partial charge on any atom is -0.404 e. The normalized spacial score (nSPS) is 23.1. The standard InChI is InChI=1S/C17H19ClN5O6P/c18-10-2-1-3-11(5-10)29-30(26,27)28-7-12-9(6-24)4-13(12)23-8-20-14-15(23)21-17(19)22-16(14)25/h1-3,5,8-9,12-13,24H,4,6-7H2,(H,26,27)(H3,19,21,22,25)/t9-,12+,13-/m1/s1. The predicted octanol–water partition coefficient (Wildman–Crippen LogP) is 1.72. The van der Waals surface area contributed by atoms with Crippen LogP contribution in [0.3, 0.4) is 0 Å². The van der Waals surface area contributed by atoms with Crippen molar-refractivity contribution < 1.29 is 23.6 Å². The maximum Gasteiger partial charge on any atom is 0.527 e. The highest BCUT2D eigenvalue weighted by Crippen LogP contribution is 2.50. The summed E-state index contributed by atoms with van der Waals surface area (Å²) in [6.45, 7) is -0.291. The molecule has 0 spiro atoms. The van der Waals surface area contributed by atoms with Gasteiger partial charge in [0.15, 0.2) is 11.2 Å². The second-order valence-corrected chi connectivity index (χ2v) is 8.81. The van der Waals surface area contributed by atoms with Crippen molar-refractivity contribution in [3.05, 3.63) is 46.0 Å². The van der Waals surface area contributed by atoms with Gasteiger partial charge in [-0.3, -0.25) is 19.2 Å². The second-order valence-electron chi connectivity index (χ2n) is 7.00. The van der Waals surface area contributed by atoms with E-state index in [1.165, 1.54) is 18.5 Å². The number of imidazole rings is 1. The minimum atomic E-state index is -4.43. The van der Waals surface area contributed by atoms with E-state index in [1.54, 1.807) is 16.7 Å². The summed E-state index contributed by atoms with van der Waals surface area (Å²) in [5.74, 6) is -0.456. The van der Waals surface area contributed by atoms with Crippen LogP contribution in [0.4, 0.5) is 5.95 Å². The van der Waals surface area contributed by atoms with Crippen LogP contribution in [0.15, 0.2) is 35.4 Å². The molecule has 0 radical (unpaired) electrons. The van der Waals surface area contributed by atoms with Crippen molar-refractivity contribution in [1.82, 2.24) is 19.5 Å². The summed E-state index contributed by atoms with van der Waals surface area (Å²) in [4.78, 5) is 32.6. The molecule has 0 amide bonds. The highest BCUT2D eigenvalue weighted by atomic mass is 35.5. The Bertz CT molecular complexity index is 1180. The van der Waals surface area contributed by atoms with Crippen molar-refractivity contribution in [2.24, 2.45) is 11.8 Å². The number of aliphatic hydroxyl groups is 1. The molecule has 4 rings (SSSR count). The average Bonchev–Trinajstić information content (AvgIpc) is 3.04. The Labute approximate surface area is 175 Å². The number of nitrogens with two attached hydrogens (primary N) is 1. The number of fused-ring (bicyclic) bond motifs is 1. The van der Waals surface area contributed by atoms with Gasteiger partial charge < -0.3 is 19.9 Å². The van der Waals surface area contributed by atoms with Crippen LogP contribution >= 0.6 is 19.4 Å². The van der Waals surface area contributed by atoms with Crippen LogP contribution < -0.4 is 15.8 Å². The fourth-order valence-corrected chi connectivity index (χ4v) is 4.58. The first kappa shape index (κ1) is 20.8. The van der Waals surface area contributed by atoms with Crippen LogP contribution in [0.5, 0.6) is 5.75 Å². The largest absolute Gasteiger partial charge is 0.527 e. The Morgan fingerprint density at radius 3 is 2.97 bits per heavy atom. The van der Waals surface area contributed by atoms with Crippen molar-refractivity contribution in [3.8, 4) is 5.75 Å². The zero-order valence-corrected chi connectivity index (χ0v) is 17.2. The molecule has 30 heavy (non-hydrogen) atoms. The summed E-state index contributed by atoms with van der Waals surface area (Å²) in [6.07, 6.45) is 2.01. The molecule has 2 aromatic heterocycles. The van der Waals surface area contributed by atoms with Crippen molar-refractivity contribution in [1.29, 1.82) is 0 Å². The number of nitrogens with zero attached hydrogens (tertiary/aromatic N) is 3. The molecular formula is C17H19ClN5O6P. The van der Waals surface area contributed by atoms with Gasteiger partial charge in [0.25, 0.3) is 5.56 Å². The molecule has 4 atom stereocenters. The molecule has 5 N–H and O–H groups in total. The topological polar surface area (TPSA) is 166 Å². The van der Waals surface area contributed by atoms with Crippen LogP contribution in [0.2, 0.25) is 5.02 Å². The number of hydrogen-bond acceptors (Lipinski definition) is 8. The summed E-state index contributed by atoms with van der Waals surface area (Å²) in [5, 5.41) is 9.97. The van der Waals surface area contributed by atoms with E-state index < -0.39 is 13.4 Å². The molecule has 0 saturated heterocycles. The molecule has 13 heteroatoms. The summed E-state index contributed by atoms with van der Waals surface area (Å²) >= 11 is 5.85. The molecular weight excluding hydrogens is 437 g/mol. The maximum atomic E-state index is 12.3. The number of aromatic amines is 1. The van der Waals surface area contributed by atoms with Crippen LogP contribution in [0.25, 0.3) is 11.2 Å². The third-order valence-electron chi connectivity index (χ3n) is 5.13. The number of anilines is 1. The Morgan fingerprint density at radius 1 is 1.43 bits per heavy atom. The lowest BCUT2D eigenvalue weighted by atomic mass is 9.70. The highest BCUT2D eigenvalue weighted by molar-refractivity contribution is 7.47. The lowest BCUT2D eigenvalue weighted by Gasteiger charge is -2.44. The molecule has 0 bridgehead atoms. The molecule has 1 aromatic carbocycles. The van der Waals surface area contributed by atoms with Gasteiger partial charge in [0, 0.05) is 23.6 Å². The van der Waals surface area contributed by atoms with E-state index in [0.29, 0.717) is 17.1 Å². The van der Waals surface area contributed by atoms with Gasteiger partial charge in [0.1, 0.15) is 5.75 Å². The fraction of sp³-hybridized carbons (Fsp3) is 0.353.